The van der Waals surface area contributed by atoms with Crippen LogP contribution in [0.15, 0.2) is 42.6 Å². The lowest BCUT2D eigenvalue weighted by atomic mass is 10.2. The molecule has 1 atom stereocenters. The van der Waals surface area contributed by atoms with Crippen LogP contribution in [0, 0.1) is 5.82 Å². The molecule has 1 heterocycles. The Labute approximate surface area is 130 Å². The second kappa shape index (κ2) is 7.48. The fraction of sp³-hybridized carbons (Fsp3) is 0.200. The Morgan fingerprint density at radius 2 is 2.04 bits per heavy atom. The van der Waals surface area contributed by atoms with Crippen molar-refractivity contribution < 1.29 is 22.7 Å². The molecule has 2 aromatic rings. The normalized spacial score (nSPS) is 11.9. The van der Waals surface area contributed by atoms with Gasteiger partial charge in [-0.25, -0.2) is 9.18 Å². The fourth-order valence-electron chi connectivity index (χ4n) is 1.84. The van der Waals surface area contributed by atoms with Crippen LogP contribution in [0.1, 0.15) is 18.7 Å². The van der Waals surface area contributed by atoms with E-state index in [2.05, 4.69) is 20.4 Å². The number of hydrogen-bond acceptors (Lipinski definition) is 3. The third-order valence-electron chi connectivity index (χ3n) is 2.88. The van der Waals surface area contributed by atoms with Gasteiger partial charge in [0.1, 0.15) is 0 Å². The van der Waals surface area contributed by atoms with Crippen LogP contribution >= 0.6 is 0 Å². The van der Waals surface area contributed by atoms with Crippen molar-refractivity contribution in [2.75, 3.05) is 5.32 Å². The summed E-state index contributed by atoms with van der Waals surface area (Å²) in [7, 11) is 0. The van der Waals surface area contributed by atoms with Gasteiger partial charge in [0.05, 0.1) is 11.7 Å². The summed E-state index contributed by atoms with van der Waals surface area (Å²) in [6, 6.07) is 7.51. The molecule has 0 saturated heterocycles. The maximum atomic E-state index is 13.5. The van der Waals surface area contributed by atoms with Crippen molar-refractivity contribution in [2.24, 2.45) is 0 Å². The van der Waals surface area contributed by atoms with Crippen LogP contribution < -0.4 is 15.4 Å². The van der Waals surface area contributed by atoms with Crippen LogP contribution in [0.25, 0.3) is 0 Å². The molecule has 122 valence electrons. The minimum Gasteiger partial charge on any atom is -0.432 e. The minimum atomic E-state index is -3.12. The summed E-state index contributed by atoms with van der Waals surface area (Å²) < 4.78 is 41.6. The number of nitrogens with one attached hydrogen (secondary N) is 2. The van der Waals surface area contributed by atoms with E-state index in [1.807, 2.05) is 0 Å². The van der Waals surface area contributed by atoms with Crippen molar-refractivity contribution in [1.82, 2.24) is 10.3 Å². The third kappa shape index (κ3) is 4.87. The zero-order chi connectivity index (χ0) is 16.8. The minimum absolute atomic E-state index is 0.106. The predicted octanol–water partition coefficient (Wildman–Crippen LogP) is 3.70. The van der Waals surface area contributed by atoms with Gasteiger partial charge in [0, 0.05) is 18.0 Å². The SMILES string of the molecule is C[C@H](NC(=O)Nc1ccc(OC(F)F)c(F)c1)c1ccccn1. The maximum Gasteiger partial charge on any atom is 0.387 e. The molecule has 2 rings (SSSR count). The predicted molar refractivity (Wildman–Crippen MR) is 77.8 cm³/mol. The summed E-state index contributed by atoms with van der Waals surface area (Å²) in [5, 5.41) is 5.03. The molecule has 0 unspecified atom stereocenters. The number of carbonyl (C=O) groups excluding carboxylic acids is 1. The topological polar surface area (TPSA) is 63.2 Å². The zero-order valence-corrected chi connectivity index (χ0v) is 12.1. The van der Waals surface area contributed by atoms with Crippen LogP contribution in [0.2, 0.25) is 0 Å². The van der Waals surface area contributed by atoms with E-state index >= 15 is 0 Å². The molecule has 8 heteroatoms. The number of nitrogens with zero attached hydrogens (tertiary/aromatic N) is 1. The first-order valence-corrected chi connectivity index (χ1v) is 6.68. The number of alkyl halides is 2. The number of amides is 2. The molecular formula is C15H14F3N3O2. The van der Waals surface area contributed by atoms with Gasteiger partial charge >= 0.3 is 12.6 Å². The van der Waals surface area contributed by atoms with Crippen LogP contribution in [0.3, 0.4) is 0 Å². The molecule has 2 amide bonds. The van der Waals surface area contributed by atoms with Gasteiger partial charge in [-0.05, 0) is 31.2 Å². The largest absolute Gasteiger partial charge is 0.432 e. The highest BCUT2D eigenvalue weighted by Gasteiger charge is 2.13. The van der Waals surface area contributed by atoms with Crippen LogP contribution in [-0.4, -0.2) is 17.6 Å². The number of urea groups is 1. The number of anilines is 1. The van der Waals surface area contributed by atoms with Gasteiger partial charge in [-0.2, -0.15) is 8.78 Å². The highest BCUT2D eigenvalue weighted by molar-refractivity contribution is 5.89. The molecule has 0 aliphatic heterocycles. The molecule has 5 nitrogen and oxygen atoms in total. The summed E-state index contributed by atoms with van der Waals surface area (Å²) in [4.78, 5) is 15.9. The molecule has 0 aliphatic carbocycles. The van der Waals surface area contributed by atoms with E-state index in [0.29, 0.717) is 5.69 Å². The van der Waals surface area contributed by atoms with E-state index < -0.39 is 24.2 Å². The quantitative estimate of drug-likeness (QED) is 0.881. The van der Waals surface area contributed by atoms with Crippen molar-refractivity contribution in [3.05, 3.63) is 54.1 Å². The zero-order valence-electron chi connectivity index (χ0n) is 12.1. The highest BCUT2D eigenvalue weighted by atomic mass is 19.3. The Balaban J connectivity index is 1.96. The summed E-state index contributed by atoms with van der Waals surface area (Å²) in [5.41, 5.74) is 0.768. The number of pyridine rings is 1. The first-order chi connectivity index (χ1) is 11.0. The molecule has 0 radical (unpaired) electrons. The summed E-state index contributed by atoms with van der Waals surface area (Å²) in [6.07, 6.45) is 1.60. The van der Waals surface area contributed by atoms with Crippen molar-refractivity contribution in [1.29, 1.82) is 0 Å². The number of carbonyl (C=O) groups is 1. The summed E-state index contributed by atoms with van der Waals surface area (Å²) in [6.45, 7) is -1.38. The van der Waals surface area contributed by atoms with Crippen molar-refractivity contribution >= 4 is 11.7 Å². The molecule has 0 spiro atoms. The second-order valence-electron chi connectivity index (χ2n) is 4.60. The Morgan fingerprint density at radius 1 is 1.26 bits per heavy atom. The Kier molecular flexibility index (Phi) is 5.40. The molecule has 1 aromatic carbocycles. The van der Waals surface area contributed by atoms with Gasteiger partial charge in [-0.15, -0.1) is 0 Å². The van der Waals surface area contributed by atoms with E-state index in [4.69, 9.17) is 0 Å². The smallest absolute Gasteiger partial charge is 0.387 e. The molecule has 2 N–H and O–H groups in total. The number of benzene rings is 1. The second-order valence-corrected chi connectivity index (χ2v) is 4.60. The van der Waals surface area contributed by atoms with E-state index in [9.17, 15) is 18.0 Å². The summed E-state index contributed by atoms with van der Waals surface area (Å²) in [5.74, 6) is -1.59. The molecule has 23 heavy (non-hydrogen) atoms. The molecule has 0 bridgehead atoms. The lowest BCUT2D eigenvalue weighted by molar-refractivity contribution is -0.0521. The molecule has 0 fully saturated rings. The number of halogens is 3. The Morgan fingerprint density at radius 3 is 2.65 bits per heavy atom. The van der Waals surface area contributed by atoms with Crippen molar-refractivity contribution in [3.8, 4) is 5.75 Å². The molecule has 0 saturated carbocycles. The lowest BCUT2D eigenvalue weighted by Gasteiger charge is -2.14. The number of ether oxygens (including phenoxy) is 1. The first kappa shape index (κ1) is 16.6. The standard InChI is InChI=1S/C15H14F3N3O2/c1-9(12-4-2-3-7-19-12)20-15(22)21-10-5-6-13(11(16)8-10)23-14(17)18/h2-9,14H,1H3,(H2,20,21,22)/t9-/m0/s1. The van der Waals surface area contributed by atoms with E-state index in [1.54, 1.807) is 31.3 Å². The van der Waals surface area contributed by atoms with Gasteiger partial charge in [0.15, 0.2) is 11.6 Å². The molecule has 0 aliphatic rings. The van der Waals surface area contributed by atoms with Gasteiger partial charge in [-0.1, -0.05) is 6.07 Å². The van der Waals surface area contributed by atoms with E-state index in [0.717, 1.165) is 12.1 Å². The van der Waals surface area contributed by atoms with Crippen molar-refractivity contribution in [2.45, 2.75) is 19.6 Å². The van der Waals surface area contributed by atoms with Crippen LogP contribution in [-0.2, 0) is 0 Å². The van der Waals surface area contributed by atoms with Gasteiger partial charge in [0.25, 0.3) is 0 Å². The molecular weight excluding hydrogens is 311 g/mol. The third-order valence-corrected chi connectivity index (χ3v) is 2.88. The van der Waals surface area contributed by atoms with E-state index in [1.165, 1.54) is 6.07 Å². The van der Waals surface area contributed by atoms with Gasteiger partial charge in [-0.3, -0.25) is 4.98 Å². The van der Waals surface area contributed by atoms with Crippen LogP contribution in [0.4, 0.5) is 23.7 Å². The number of hydrogen-bond donors (Lipinski definition) is 2. The first-order valence-electron chi connectivity index (χ1n) is 6.68. The average Bonchev–Trinajstić information content (AvgIpc) is 2.50. The lowest BCUT2D eigenvalue weighted by Crippen LogP contribution is -2.31. The monoisotopic (exact) mass is 325 g/mol. The van der Waals surface area contributed by atoms with E-state index in [-0.39, 0.29) is 11.7 Å². The Hall–Kier alpha value is -2.77. The van der Waals surface area contributed by atoms with Gasteiger partial charge in [0.2, 0.25) is 0 Å². The number of rotatable bonds is 5. The van der Waals surface area contributed by atoms with Crippen LogP contribution in [0.5, 0.6) is 5.75 Å². The number of aromatic nitrogens is 1. The molecule has 1 aromatic heterocycles. The highest BCUT2D eigenvalue weighted by Crippen LogP contribution is 2.22. The average molecular weight is 325 g/mol. The fourth-order valence-corrected chi connectivity index (χ4v) is 1.84. The maximum absolute atomic E-state index is 13.5. The summed E-state index contributed by atoms with van der Waals surface area (Å²) >= 11 is 0. The Bertz CT molecular complexity index is 668. The van der Waals surface area contributed by atoms with Crippen molar-refractivity contribution in [3.63, 3.8) is 0 Å². The van der Waals surface area contributed by atoms with Gasteiger partial charge < -0.3 is 15.4 Å².